The number of nitrogens with two attached hydrogens (primary N) is 1. The van der Waals surface area contributed by atoms with E-state index in [-0.39, 0.29) is 17.2 Å². The number of nitrogens with zero attached hydrogens (tertiary/aromatic N) is 1. The van der Waals surface area contributed by atoms with Gasteiger partial charge in [-0.25, -0.2) is 4.39 Å². The van der Waals surface area contributed by atoms with Crippen molar-refractivity contribution in [1.29, 1.82) is 0 Å². The SMILES string of the molecule is Cc1cccc(-c2c(N)n(C3CC3)c(=O)c3cc(NC(=O)c4ccccc4F)ccc23)c1. The van der Waals surface area contributed by atoms with Gasteiger partial charge in [-0.3, -0.25) is 14.2 Å². The summed E-state index contributed by atoms with van der Waals surface area (Å²) in [5, 5.41) is 3.90. The van der Waals surface area contributed by atoms with Gasteiger partial charge in [-0.05, 0) is 55.0 Å². The number of nitrogens with one attached hydrogen (secondary N) is 1. The second kappa shape index (κ2) is 7.64. The van der Waals surface area contributed by atoms with Gasteiger partial charge in [0.2, 0.25) is 0 Å². The van der Waals surface area contributed by atoms with E-state index in [2.05, 4.69) is 5.32 Å². The summed E-state index contributed by atoms with van der Waals surface area (Å²) in [7, 11) is 0. The van der Waals surface area contributed by atoms with Gasteiger partial charge in [-0.1, -0.05) is 48.0 Å². The molecule has 0 spiro atoms. The van der Waals surface area contributed by atoms with Gasteiger partial charge >= 0.3 is 0 Å². The van der Waals surface area contributed by atoms with Crippen LogP contribution in [-0.2, 0) is 0 Å². The zero-order valence-corrected chi connectivity index (χ0v) is 17.6. The predicted molar refractivity (Wildman–Crippen MR) is 125 cm³/mol. The molecule has 0 atom stereocenters. The van der Waals surface area contributed by atoms with Gasteiger partial charge < -0.3 is 11.1 Å². The van der Waals surface area contributed by atoms with Crippen molar-refractivity contribution in [2.45, 2.75) is 25.8 Å². The van der Waals surface area contributed by atoms with E-state index >= 15 is 0 Å². The summed E-state index contributed by atoms with van der Waals surface area (Å²) in [5.74, 6) is -0.713. The van der Waals surface area contributed by atoms with E-state index in [1.807, 2.05) is 31.2 Å². The lowest BCUT2D eigenvalue weighted by Gasteiger charge is -2.18. The maximum atomic E-state index is 14.0. The van der Waals surface area contributed by atoms with E-state index < -0.39 is 11.7 Å². The molecule has 5 rings (SSSR count). The number of fused-ring (bicyclic) bond motifs is 1. The number of nitrogen functional groups attached to an aromatic ring is 1. The highest BCUT2D eigenvalue weighted by Gasteiger charge is 2.29. The minimum atomic E-state index is -0.601. The molecule has 1 amide bonds. The van der Waals surface area contributed by atoms with Crippen molar-refractivity contribution in [3.05, 3.63) is 94.0 Å². The number of aryl methyl sites for hydroxylation is 1. The van der Waals surface area contributed by atoms with Gasteiger partial charge in [0.1, 0.15) is 11.6 Å². The third kappa shape index (κ3) is 3.43. The first-order valence-corrected chi connectivity index (χ1v) is 10.5. The molecular weight excluding hydrogens is 405 g/mol. The van der Waals surface area contributed by atoms with Crippen molar-refractivity contribution < 1.29 is 9.18 Å². The van der Waals surface area contributed by atoms with Crippen LogP contribution in [0.25, 0.3) is 21.9 Å². The maximum Gasteiger partial charge on any atom is 0.260 e. The van der Waals surface area contributed by atoms with Crippen molar-refractivity contribution in [1.82, 2.24) is 4.57 Å². The topological polar surface area (TPSA) is 77.1 Å². The van der Waals surface area contributed by atoms with E-state index in [4.69, 9.17) is 5.73 Å². The van der Waals surface area contributed by atoms with E-state index in [0.29, 0.717) is 16.9 Å². The molecular formula is C26H22FN3O2. The smallest absolute Gasteiger partial charge is 0.260 e. The predicted octanol–water partition coefficient (Wildman–Crippen LogP) is 5.29. The zero-order chi connectivity index (χ0) is 22.4. The first-order chi connectivity index (χ1) is 15.4. The minimum Gasteiger partial charge on any atom is -0.384 e. The number of halogens is 1. The van der Waals surface area contributed by atoms with Crippen LogP contribution in [0.15, 0.2) is 71.5 Å². The van der Waals surface area contributed by atoms with Gasteiger partial charge in [-0.15, -0.1) is 0 Å². The molecule has 32 heavy (non-hydrogen) atoms. The monoisotopic (exact) mass is 427 g/mol. The molecule has 0 saturated heterocycles. The van der Waals surface area contributed by atoms with Crippen LogP contribution >= 0.6 is 0 Å². The summed E-state index contributed by atoms with van der Waals surface area (Å²) in [6, 6.07) is 19.0. The number of rotatable bonds is 4. The van der Waals surface area contributed by atoms with E-state index in [0.717, 1.165) is 34.9 Å². The van der Waals surface area contributed by atoms with Crippen molar-refractivity contribution in [2.75, 3.05) is 11.1 Å². The van der Waals surface area contributed by atoms with E-state index in [1.54, 1.807) is 28.8 Å². The van der Waals surface area contributed by atoms with Gasteiger partial charge in [-0.2, -0.15) is 0 Å². The zero-order valence-electron chi connectivity index (χ0n) is 17.6. The molecule has 0 radical (unpaired) electrons. The lowest BCUT2D eigenvalue weighted by molar-refractivity contribution is 0.102. The Balaban J connectivity index is 1.67. The van der Waals surface area contributed by atoms with Gasteiger partial charge in [0, 0.05) is 17.3 Å². The highest BCUT2D eigenvalue weighted by atomic mass is 19.1. The molecule has 1 fully saturated rings. The first-order valence-electron chi connectivity index (χ1n) is 10.5. The summed E-state index contributed by atoms with van der Waals surface area (Å²) in [6.07, 6.45) is 1.82. The number of hydrogen-bond acceptors (Lipinski definition) is 3. The average molecular weight is 427 g/mol. The van der Waals surface area contributed by atoms with Crippen LogP contribution in [0.4, 0.5) is 15.9 Å². The standard InChI is InChI=1S/C26H22FN3O2/c1-15-5-4-6-16(13-15)23-19-12-9-17(29-25(31)20-7-2-3-8-22(20)27)14-21(19)26(32)30(24(23)28)18-10-11-18/h2-9,12-14,18H,10-11,28H2,1H3,(H,29,31). The fourth-order valence-corrected chi connectivity index (χ4v) is 4.16. The molecule has 1 aliphatic rings. The Morgan fingerprint density at radius 1 is 1.03 bits per heavy atom. The fraction of sp³-hybridized carbons (Fsp3) is 0.154. The van der Waals surface area contributed by atoms with Crippen LogP contribution < -0.4 is 16.6 Å². The molecule has 1 heterocycles. The van der Waals surface area contributed by atoms with Crippen LogP contribution in [-0.4, -0.2) is 10.5 Å². The van der Waals surface area contributed by atoms with Crippen molar-refractivity contribution >= 4 is 28.2 Å². The summed E-state index contributed by atoms with van der Waals surface area (Å²) in [6.45, 7) is 2.01. The number of carbonyl (C=O) groups excluding carboxylic acids is 1. The Morgan fingerprint density at radius 2 is 1.81 bits per heavy atom. The third-order valence-electron chi connectivity index (χ3n) is 5.85. The Labute approximate surface area is 184 Å². The third-order valence-corrected chi connectivity index (χ3v) is 5.85. The molecule has 3 aromatic carbocycles. The highest BCUT2D eigenvalue weighted by Crippen LogP contribution is 2.41. The fourth-order valence-electron chi connectivity index (χ4n) is 4.16. The Hall–Kier alpha value is -3.93. The molecule has 0 aliphatic heterocycles. The van der Waals surface area contributed by atoms with Crippen LogP contribution in [0.1, 0.15) is 34.8 Å². The van der Waals surface area contributed by atoms with Gasteiger partial charge in [0.05, 0.1) is 10.9 Å². The second-order valence-electron chi connectivity index (χ2n) is 8.23. The number of anilines is 2. The first kappa shape index (κ1) is 20.0. The highest BCUT2D eigenvalue weighted by molar-refractivity contribution is 6.07. The van der Waals surface area contributed by atoms with Crippen LogP contribution in [0.5, 0.6) is 0 Å². The number of hydrogen-bond donors (Lipinski definition) is 2. The van der Waals surface area contributed by atoms with Crippen molar-refractivity contribution in [2.24, 2.45) is 0 Å². The molecule has 1 aromatic heterocycles. The lowest BCUT2D eigenvalue weighted by atomic mass is 9.97. The minimum absolute atomic E-state index is 0.0549. The van der Waals surface area contributed by atoms with Crippen LogP contribution in [0.3, 0.4) is 0 Å². The largest absolute Gasteiger partial charge is 0.384 e. The molecule has 4 aromatic rings. The molecule has 1 aliphatic carbocycles. The molecule has 3 N–H and O–H groups in total. The van der Waals surface area contributed by atoms with Crippen molar-refractivity contribution in [3.8, 4) is 11.1 Å². The molecule has 6 heteroatoms. The van der Waals surface area contributed by atoms with Crippen LogP contribution in [0.2, 0.25) is 0 Å². The number of pyridine rings is 1. The quantitative estimate of drug-likeness (QED) is 0.465. The Kier molecular flexibility index (Phi) is 4.78. The Morgan fingerprint density at radius 3 is 2.53 bits per heavy atom. The molecule has 5 nitrogen and oxygen atoms in total. The molecule has 160 valence electrons. The van der Waals surface area contributed by atoms with E-state index in [1.165, 1.54) is 18.2 Å². The molecule has 1 saturated carbocycles. The maximum absolute atomic E-state index is 14.0. The molecule has 0 unspecified atom stereocenters. The van der Waals surface area contributed by atoms with Crippen LogP contribution in [0, 0.1) is 12.7 Å². The second-order valence-corrected chi connectivity index (χ2v) is 8.23. The summed E-state index contributed by atoms with van der Waals surface area (Å²) in [4.78, 5) is 25.9. The normalized spacial score (nSPS) is 13.3. The number of carbonyl (C=O) groups is 1. The van der Waals surface area contributed by atoms with Crippen molar-refractivity contribution in [3.63, 3.8) is 0 Å². The van der Waals surface area contributed by atoms with Gasteiger partial charge in [0.15, 0.2) is 0 Å². The van der Waals surface area contributed by atoms with Gasteiger partial charge in [0.25, 0.3) is 11.5 Å². The average Bonchev–Trinajstić information content (AvgIpc) is 3.60. The summed E-state index contributed by atoms with van der Waals surface area (Å²) < 4.78 is 15.7. The molecule has 0 bridgehead atoms. The summed E-state index contributed by atoms with van der Waals surface area (Å²) in [5.41, 5.74) is 9.55. The summed E-state index contributed by atoms with van der Waals surface area (Å²) >= 11 is 0. The number of amides is 1. The number of aromatic nitrogens is 1. The van der Waals surface area contributed by atoms with E-state index in [9.17, 15) is 14.0 Å². The Bertz CT molecular complexity index is 1440. The lowest BCUT2D eigenvalue weighted by Crippen LogP contribution is -2.23. The number of benzene rings is 3.